The molecule has 4 heteroatoms. The van der Waals surface area contributed by atoms with Gasteiger partial charge < -0.3 is 5.73 Å². The van der Waals surface area contributed by atoms with Gasteiger partial charge in [0.2, 0.25) is 0 Å². The third kappa shape index (κ3) is 2.46. The minimum absolute atomic E-state index is 0.0933. The largest absolute Gasteiger partial charge is 0.324 e. The Balaban J connectivity index is 2.24. The highest BCUT2D eigenvalue weighted by Gasteiger charge is 2.26. The second-order valence-corrected chi connectivity index (χ2v) is 4.69. The Morgan fingerprint density at radius 2 is 1.65 bits per heavy atom. The molecule has 0 bridgehead atoms. The van der Waals surface area contributed by atoms with E-state index in [2.05, 4.69) is 0 Å². The van der Waals surface area contributed by atoms with Gasteiger partial charge in [0, 0.05) is 11.6 Å². The van der Waals surface area contributed by atoms with Gasteiger partial charge in [-0.1, -0.05) is 25.3 Å². The number of halogens is 3. The molecule has 1 aliphatic carbocycles. The minimum atomic E-state index is -1.42. The lowest BCUT2D eigenvalue weighted by atomic mass is 9.81. The van der Waals surface area contributed by atoms with Crippen molar-refractivity contribution in [2.24, 2.45) is 11.7 Å². The van der Waals surface area contributed by atoms with Crippen molar-refractivity contribution in [1.82, 2.24) is 0 Å². The minimum Gasteiger partial charge on any atom is -0.324 e. The summed E-state index contributed by atoms with van der Waals surface area (Å²) in [5, 5.41) is 0. The maximum absolute atomic E-state index is 13.6. The van der Waals surface area contributed by atoms with Gasteiger partial charge in [-0.2, -0.15) is 0 Å². The van der Waals surface area contributed by atoms with Gasteiger partial charge >= 0.3 is 0 Å². The highest BCUT2D eigenvalue weighted by molar-refractivity contribution is 5.24. The highest BCUT2D eigenvalue weighted by atomic mass is 19.2. The standard InChI is InChI=1S/C13H16F3N/c14-10-7-6-9(11(15)12(10)16)13(17)8-4-2-1-3-5-8/h6-8,13H,1-5,17H2. The van der Waals surface area contributed by atoms with E-state index in [4.69, 9.17) is 5.73 Å². The summed E-state index contributed by atoms with van der Waals surface area (Å²) < 4.78 is 39.5. The molecule has 17 heavy (non-hydrogen) atoms. The van der Waals surface area contributed by atoms with E-state index in [1.54, 1.807) is 0 Å². The smallest absolute Gasteiger partial charge is 0.194 e. The molecule has 1 aliphatic rings. The van der Waals surface area contributed by atoms with Crippen LogP contribution in [0, 0.1) is 23.4 Å². The fourth-order valence-electron chi connectivity index (χ4n) is 2.55. The third-order valence-corrected chi connectivity index (χ3v) is 3.58. The van der Waals surface area contributed by atoms with Crippen LogP contribution in [-0.4, -0.2) is 0 Å². The van der Waals surface area contributed by atoms with Crippen molar-refractivity contribution in [3.63, 3.8) is 0 Å². The Kier molecular flexibility index (Phi) is 3.72. The maximum Gasteiger partial charge on any atom is 0.194 e. The monoisotopic (exact) mass is 243 g/mol. The fraction of sp³-hybridized carbons (Fsp3) is 0.538. The van der Waals surface area contributed by atoms with Crippen molar-refractivity contribution in [3.05, 3.63) is 35.1 Å². The molecule has 1 saturated carbocycles. The molecular weight excluding hydrogens is 227 g/mol. The molecule has 0 aromatic heterocycles. The highest BCUT2D eigenvalue weighted by Crippen LogP contribution is 2.34. The van der Waals surface area contributed by atoms with E-state index in [1.165, 1.54) is 12.5 Å². The van der Waals surface area contributed by atoms with Gasteiger partial charge in [-0.3, -0.25) is 0 Å². The average molecular weight is 243 g/mol. The topological polar surface area (TPSA) is 26.0 Å². The van der Waals surface area contributed by atoms with Crippen molar-refractivity contribution in [2.75, 3.05) is 0 Å². The van der Waals surface area contributed by atoms with Crippen molar-refractivity contribution < 1.29 is 13.2 Å². The number of benzene rings is 1. The van der Waals surface area contributed by atoms with E-state index in [1.807, 2.05) is 0 Å². The maximum atomic E-state index is 13.6. The van der Waals surface area contributed by atoms with Crippen LogP contribution in [0.25, 0.3) is 0 Å². The van der Waals surface area contributed by atoms with Gasteiger partial charge in [0.15, 0.2) is 17.5 Å². The molecule has 0 aliphatic heterocycles. The second kappa shape index (κ2) is 5.08. The summed E-state index contributed by atoms with van der Waals surface area (Å²) in [5.74, 6) is -3.55. The van der Waals surface area contributed by atoms with Crippen LogP contribution in [0.4, 0.5) is 13.2 Å². The lowest BCUT2D eigenvalue weighted by molar-refractivity contribution is 0.300. The van der Waals surface area contributed by atoms with E-state index in [9.17, 15) is 13.2 Å². The zero-order valence-electron chi connectivity index (χ0n) is 9.56. The number of nitrogens with two attached hydrogens (primary N) is 1. The van der Waals surface area contributed by atoms with Crippen LogP contribution in [0.15, 0.2) is 12.1 Å². The molecule has 1 atom stereocenters. The Morgan fingerprint density at radius 1 is 1.00 bits per heavy atom. The molecule has 1 aromatic carbocycles. The molecule has 1 aromatic rings. The van der Waals surface area contributed by atoms with Gasteiger partial charge in [-0.15, -0.1) is 0 Å². The molecule has 0 heterocycles. The number of hydrogen-bond donors (Lipinski definition) is 1. The van der Waals surface area contributed by atoms with Crippen LogP contribution in [-0.2, 0) is 0 Å². The van der Waals surface area contributed by atoms with Gasteiger partial charge in [0.25, 0.3) is 0 Å². The molecule has 94 valence electrons. The molecule has 1 unspecified atom stereocenters. The molecule has 1 fully saturated rings. The second-order valence-electron chi connectivity index (χ2n) is 4.69. The van der Waals surface area contributed by atoms with Crippen molar-refractivity contribution >= 4 is 0 Å². The van der Waals surface area contributed by atoms with E-state index in [0.717, 1.165) is 31.7 Å². The quantitative estimate of drug-likeness (QED) is 0.788. The number of rotatable bonds is 2. The zero-order valence-corrected chi connectivity index (χ0v) is 9.56. The van der Waals surface area contributed by atoms with Crippen LogP contribution < -0.4 is 5.73 Å². The third-order valence-electron chi connectivity index (χ3n) is 3.58. The van der Waals surface area contributed by atoms with Crippen molar-refractivity contribution in [2.45, 2.75) is 38.1 Å². The van der Waals surface area contributed by atoms with Gasteiger partial charge in [0.1, 0.15) is 0 Å². The summed E-state index contributed by atoms with van der Waals surface area (Å²) in [5.41, 5.74) is 6.05. The lowest BCUT2D eigenvalue weighted by Gasteiger charge is -2.28. The Labute approximate surface area is 98.8 Å². The average Bonchev–Trinajstić information content (AvgIpc) is 2.36. The molecule has 0 spiro atoms. The predicted molar refractivity (Wildman–Crippen MR) is 59.8 cm³/mol. The molecule has 0 saturated heterocycles. The van der Waals surface area contributed by atoms with E-state index in [-0.39, 0.29) is 11.5 Å². The summed E-state index contributed by atoms with van der Waals surface area (Å²) >= 11 is 0. The predicted octanol–water partition coefficient (Wildman–Crippen LogP) is 3.68. The van der Waals surface area contributed by atoms with E-state index >= 15 is 0 Å². The zero-order chi connectivity index (χ0) is 12.4. The molecule has 2 rings (SSSR count). The van der Waals surface area contributed by atoms with Gasteiger partial charge in [-0.25, -0.2) is 13.2 Å². The van der Waals surface area contributed by atoms with Crippen LogP contribution in [0.5, 0.6) is 0 Å². The Bertz CT molecular complexity index is 400. The number of hydrogen-bond acceptors (Lipinski definition) is 1. The first-order valence-electron chi connectivity index (χ1n) is 6.00. The fourth-order valence-corrected chi connectivity index (χ4v) is 2.55. The summed E-state index contributed by atoms with van der Waals surface area (Å²) in [4.78, 5) is 0. The van der Waals surface area contributed by atoms with Crippen LogP contribution >= 0.6 is 0 Å². The molecule has 2 N–H and O–H groups in total. The lowest BCUT2D eigenvalue weighted by Crippen LogP contribution is -2.25. The van der Waals surface area contributed by atoms with Crippen LogP contribution in [0.2, 0.25) is 0 Å². The van der Waals surface area contributed by atoms with E-state index in [0.29, 0.717) is 0 Å². The Morgan fingerprint density at radius 3 is 2.29 bits per heavy atom. The van der Waals surface area contributed by atoms with Crippen molar-refractivity contribution in [1.29, 1.82) is 0 Å². The normalized spacial score (nSPS) is 19.3. The molecule has 0 amide bonds. The SMILES string of the molecule is NC(c1ccc(F)c(F)c1F)C1CCCCC1. The van der Waals surface area contributed by atoms with Crippen molar-refractivity contribution in [3.8, 4) is 0 Å². The Hall–Kier alpha value is -1.03. The first-order chi connectivity index (χ1) is 8.11. The van der Waals surface area contributed by atoms with E-state index < -0.39 is 23.5 Å². The van der Waals surface area contributed by atoms with Gasteiger partial charge in [0.05, 0.1) is 0 Å². The molecular formula is C13H16F3N. The summed E-state index contributed by atoms with van der Waals surface area (Å²) in [6.45, 7) is 0. The first-order valence-corrected chi connectivity index (χ1v) is 6.00. The van der Waals surface area contributed by atoms with Crippen LogP contribution in [0.1, 0.15) is 43.7 Å². The summed E-state index contributed by atoms with van der Waals surface area (Å²) in [6, 6.07) is 1.66. The summed E-state index contributed by atoms with van der Waals surface area (Å²) in [6.07, 6.45) is 5.18. The summed E-state index contributed by atoms with van der Waals surface area (Å²) in [7, 11) is 0. The van der Waals surface area contributed by atoms with Crippen LogP contribution in [0.3, 0.4) is 0 Å². The first kappa shape index (κ1) is 12.4. The van der Waals surface area contributed by atoms with Gasteiger partial charge in [-0.05, 0) is 24.8 Å². The molecule has 0 radical (unpaired) electrons. The molecule has 1 nitrogen and oxygen atoms in total.